The number of hydrogen-bond donors (Lipinski definition) is 0. The number of halogens is 1. The maximum absolute atomic E-state index is 13.1. The fourth-order valence-electron chi connectivity index (χ4n) is 5.02. The summed E-state index contributed by atoms with van der Waals surface area (Å²) in [7, 11) is 0. The Labute approximate surface area is 154 Å². The summed E-state index contributed by atoms with van der Waals surface area (Å²) in [6, 6.07) is 6.58. The Kier molecular flexibility index (Phi) is 4.72. The van der Waals surface area contributed by atoms with Gasteiger partial charge >= 0.3 is 0 Å². The highest BCUT2D eigenvalue weighted by Gasteiger charge is 2.44. The van der Waals surface area contributed by atoms with Crippen molar-refractivity contribution >= 4 is 11.8 Å². The summed E-state index contributed by atoms with van der Waals surface area (Å²) in [5, 5.41) is 0. The van der Waals surface area contributed by atoms with Crippen LogP contribution in [0.3, 0.4) is 0 Å². The molecule has 1 saturated carbocycles. The molecule has 1 unspecified atom stereocenters. The van der Waals surface area contributed by atoms with E-state index in [2.05, 4.69) is 0 Å². The first-order valence-corrected chi connectivity index (χ1v) is 9.86. The fraction of sp³-hybridized carbons (Fsp3) is 0.619. The predicted molar refractivity (Wildman–Crippen MR) is 97.1 cm³/mol. The van der Waals surface area contributed by atoms with Crippen molar-refractivity contribution in [3.05, 3.63) is 35.6 Å². The highest BCUT2D eigenvalue weighted by molar-refractivity contribution is 5.86. The second-order valence-corrected chi connectivity index (χ2v) is 8.36. The van der Waals surface area contributed by atoms with E-state index in [9.17, 15) is 14.0 Å². The Balaban J connectivity index is 1.34. The highest BCUT2D eigenvalue weighted by Crippen LogP contribution is 2.44. The predicted octanol–water partition coefficient (Wildman–Crippen LogP) is 3.32. The van der Waals surface area contributed by atoms with Crippen LogP contribution in [-0.2, 0) is 9.59 Å². The van der Waals surface area contributed by atoms with Crippen molar-refractivity contribution < 1.29 is 14.0 Å². The van der Waals surface area contributed by atoms with Crippen LogP contribution in [0, 0.1) is 11.2 Å². The smallest absolute Gasteiger partial charge is 0.242 e. The first-order valence-electron chi connectivity index (χ1n) is 9.86. The molecule has 4 rings (SSSR count). The molecule has 2 saturated heterocycles. The minimum Gasteiger partial charge on any atom is -0.341 e. The zero-order chi connectivity index (χ0) is 18.1. The van der Waals surface area contributed by atoms with Gasteiger partial charge in [0.2, 0.25) is 11.8 Å². The van der Waals surface area contributed by atoms with Gasteiger partial charge in [-0.1, -0.05) is 31.4 Å². The van der Waals surface area contributed by atoms with Gasteiger partial charge in [-0.3, -0.25) is 9.59 Å². The fourth-order valence-corrected chi connectivity index (χ4v) is 5.02. The first kappa shape index (κ1) is 17.5. The average Bonchev–Trinajstić information content (AvgIpc) is 3.22. The Morgan fingerprint density at radius 3 is 2.62 bits per heavy atom. The molecule has 1 aromatic rings. The maximum Gasteiger partial charge on any atom is 0.242 e. The van der Waals surface area contributed by atoms with E-state index in [0.29, 0.717) is 19.5 Å². The van der Waals surface area contributed by atoms with Crippen molar-refractivity contribution in [2.24, 2.45) is 5.41 Å². The normalized spacial score (nSPS) is 25.3. The van der Waals surface area contributed by atoms with E-state index >= 15 is 0 Å². The zero-order valence-corrected chi connectivity index (χ0v) is 15.3. The number of likely N-dealkylation sites (tertiary alicyclic amines) is 2. The van der Waals surface area contributed by atoms with Crippen molar-refractivity contribution in [2.45, 2.75) is 50.9 Å². The Hall–Kier alpha value is -1.91. The van der Waals surface area contributed by atoms with Gasteiger partial charge in [-0.05, 0) is 42.4 Å². The van der Waals surface area contributed by atoms with E-state index < -0.39 is 0 Å². The van der Waals surface area contributed by atoms with Crippen LogP contribution in [-0.4, -0.2) is 47.8 Å². The molecule has 0 aromatic heterocycles. The highest BCUT2D eigenvalue weighted by atomic mass is 19.1. The summed E-state index contributed by atoms with van der Waals surface area (Å²) in [5.74, 6) is 0.229. The van der Waals surface area contributed by atoms with E-state index in [4.69, 9.17) is 0 Å². The Bertz CT molecular complexity index is 682. The summed E-state index contributed by atoms with van der Waals surface area (Å²) in [6.45, 7) is 2.36. The van der Waals surface area contributed by atoms with Gasteiger partial charge in [-0.2, -0.15) is 0 Å². The average molecular weight is 358 g/mol. The molecule has 5 heteroatoms. The van der Waals surface area contributed by atoms with E-state index in [1.165, 1.54) is 31.4 Å². The quantitative estimate of drug-likeness (QED) is 0.832. The standard InChI is InChI=1S/C21H27FN2O2/c22-18-6-4-16(5-7-18)17-8-11-23(13-17)20(26)14-24-15-21(12-19(24)25)9-2-1-3-10-21/h4-7,17H,1-3,8-15H2. The number of benzene rings is 1. The van der Waals surface area contributed by atoms with Crippen LogP contribution in [0.1, 0.15) is 56.4 Å². The van der Waals surface area contributed by atoms with Gasteiger partial charge in [0, 0.05) is 32.0 Å². The van der Waals surface area contributed by atoms with Gasteiger partial charge in [-0.15, -0.1) is 0 Å². The molecule has 1 spiro atoms. The number of rotatable bonds is 3. The monoisotopic (exact) mass is 358 g/mol. The molecular weight excluding hydrogens is 331 g/mol. The number of hydrogen-bond acceptors (Lipinski definition) is 2. The largest absolute Gasteiger partial charge is 0.341 e. The van der Waals surface area contributed by atoms with Gasteiger partial charge in [-0.25, -0.2) is 4.39 Å². The van der Waals surface area contributed by atoms with Crippen LogP contribution in [0.25, 0.3) is 0 Å². The number of nitrogens with zero attached hydrogens (tertiary/aromatic N) is 2. The molecule has 0 bridgehead atoms. The van der Waals surface area contributed by atoms with Gasteiger partial charge in [0.1, 0.15) is 5.82 Å². The van der Waals surface area contributed by atoms with Crippen molar-refractivity contribution in [2.75, 3.05) is 26.2 Å². The molecule has 3 fully saturated rings. The molecule has 0 radical (unpaired) electrons. The van der Waals surface area contributed by atoms with Crippen molar-refractivity contribution in [3.8, 4) is 0 Å². The van der Waals surface area contributed by atoms with Gasteiger partial charge < -0.3 is 9.80 Å². The van der Waals surface area contributed by atoms with Crippen molar-refractivity contribution in [1.29, 1.82) is 0 Å². The van der Waals surface area contributed by atoms with E-state index in [1.807, 2.05) is 17.0 Å². The van der Waals surface area contributed by atoms with E-state index in [1.54, 1.807) is 4.90 Å². The summed E-state index contributed by atoms with van der Waals surface area (Å²) in [5.41, 5.74) is 1.22. The first-order chi connectivity index (χ1) is 12.5. The molecule has 2 heterocycles. The molecule has 140 valence electrons. The molecule has 1 aromatic carbocycles. The number of amides is 2. The van der Waals surface area contributed by atoms with Gasteiger partial charge in [0.25, 0.3) is 0 Å². The van der Waals surface area contributed by atoms with Crippen LogP contribution in [0.15, 0.2) is 24.3 Å². The summed E-state index contributed by atoms with van der Waals surface area (Å²) < 4.78 is 13.1. The lowest BCUT2D eigenvalue weighted by Crippen LogP contribution is -2.40. The Morgan fingerprint density at radius 2 is 1.88 bits per heavy atom. The van der Waals surface area contributed by atoms with Crippen LogP contribution in [0.4, 0.5) is 4.39 Å². The van der Waals surface area contributed by atoms with E-state index in [-0.39, 0.29) is 35.5 Å². The molecule has 4 nitrogen and oxygen atoms in total. The zero-order valence-electron chi connectivity index (χ0n) is 15.3. The summed E-state index contributed by atoms with van der Waals surface area (Å²) in [4.78, 5) is 28.8. The summed E-state index contributed by atoms with van der Waals surface area (Å²) in [6.07, 6.45) is 7.46. The molecule has 1 atom stereocenters. The van der Waals surface area contributed by atoms with Gasteiger partial charge in [0.15, 0.2) is 0 Å². The number of carbonyl (C=O) groups excluding carboxylic acids is 2. The SMILES string of the molecule is O=C(CN1CC2(CCCCC2)CC1=O)N1CCC(c2ccc(F)cc2)C1. The van der Waals surface area contributed by atoms with E-state index in [0.717, 1.165) is 31.4 Å². The second-order valence-electron chi connectivity index (χ2n) is 8.36. The molecule has 1 aliphatic carbocycles. The topological polar surface area (TPSA) is 40.6 Å². The van der Waals surface area contributed by atoms with Crippen molar-refractivity contribution in [1.82, 2.24) is 9.80 Å². The molecule has 3 aliphatic rings. The van der Waals surface area contributed by atoms with Crippen LogP contribution in [0.5, 0.6) is 0 Å². The Morgan fingerprint density at radius 1 is 1.15 bits per heavy atom. The molecule has 0 N–H and O–H groups in total. The molecular formula is C21H27FN2O2. The van der Waals surface area contributed by atoms with Gasteiger partial charge in [0.05, 0.1) is 6.54 Å². The third-order valence-electron chi connectivity index (χ3n) is 6.53. The van der Waals surface area contributed by atoms with Crippen LogP contribution in [0.2, 0.25) is 0 Å². The second kappa shape index (κ2) is 7.01. The van der Waals surface area contributed by atoms with Crippen LogP contribution < -0.4 is 0 Å². The molecule has 2 amide bonds. The lowest BCUT2D eigenvalue weighted by Gasteiger charge is -2.32. The van der Waals surface area contributed by atoms with Crippen LogP contribution >= 0.6 is 0 Å². The molecule has 2 aliphatic heterocycles. The molecule has 26 heavy (non-hydrogen) atoms. The number of carbonyl (C=O) groups is 2. The maximum atomic E-state index is 13.1. The summed E-state index contributed by atoms with van der Waals surface area (Å²) >= 11 is 0. The third kappa shape index (κ3) is 3.49. The minimum absolute atomic E-state index is 0.0517. The lowest BCUT2D eigenvalue weighted by molar-refractivity contribution is -0.137. The minimum atomic E-state index is -0.233. The third-order valence-corrected chi connectivity index (χ3v) is 6.53. The lowest BCUT2D eigenvalue weighted by atomic mass is 9.73. The van der Waals surface area contributed by atoms with Crippen molar-refractivity contribution in [3.63, 3.8) is 0 Å².